The van der Waals surface area contributed by atoms with Crippen LogP contribution in [-0.4, -0.2) is 39.6 Å². The molecule has 1 atom stereocenters. The lowest BCUT2D eigenvalue weighted by atomic mass is 10.0. The Morgan fingerprint density at radius 3 is 2.86 bits per heavy atom. The van der Waals surface area contributed by atoms with Crippen LogP contribution in [0, 0.1) is 0 Å². The van der Waals surface area contributed by atoms with Gasteiger partial charge in [-0.1, -0.05) is 12.1 Å². The Hall–Kier alpha value is -3.75. The molecule has 1 saturated heterocycles. The van der Waals surface area contributed by atoms with Gasteiger partial charge in [-0.05, 0) is 35.7 Å². The second kappa shape index (κ2) is 7.34. The molecule has 0 saturated carbocycles. The van der Waals surface area contributed by atoms with Crippen molar-refractivity contribution in [3.05, 3.63) is 58.8 Å². The molecule has 1 aromatic heterocycles. The Balaban J connectivity index is 1.45. The molecule has 4 N–H and O–H groups in total. The second-order valence-electron chi connectivity index (χ2n) is 7.01. The van der Waals surface area contributed by atoms with E-state index in [0.717, 1.165) is 11.1 Å². The number of rotatable bonds is 4. The van der Waals surface area contributed by atoms with Gasteiger partial charge in [-0.15, -0.1) is 0 Å². The third-order valence-electron chi connectivity index (χ3n) is 5.13. The molecule has 4 rings (SSSR count). The number of amides is 4. The van der Waals surface area contributed by atoms with Crippen LogP contribution < -0.4 is 16.4 Å². The van der Waals surface area contributed by atoms with Crippen molar-refractivity contribution < 1.29 is 19.2 Å². The zero-order valence-electron chi connectivity index (χ0n) is 15.5. The summed E-state index contributed by atoms with van der Waals surface area (Å²) in [6.45, 7) is 0.533. The third kappa shape index (κ3) is 3.54. The molecule has 3 heterocycles. The molecule has 9 nitrogen and oxygen atoms in total. The molecule has 0 bridgehead atoms. The van der Waals surface area contributed by atoms with Gasteiger partial charge < -0.3 is 16.0 Å². The smallest absolute Gasteiger partial charge is 0.255 e. The molecule has 1 fully saturated rings. The molecular weight excluding hydrogens is 374 g/mol. The highest BCUT2D eigenvalue weighted by Crippen LogP contribution is 2.28. The first-order valence-electron chi connectivity index (χ1n) is 9.19. The summed E-state index contributed by atoms with van der Waals surface area (Å²) >= 11 is 0. The summed E-state index contributed by atoms with van der Waals surface area (Å²) in [7, 11) is 0. The fourth-order valence-corrected chi connectivity index (χ4v) is 3.60. The quantitative estimate of drug-likeness (QED) is 0.642. The first-order valence-corrected chi connectivity index (χ1v) is 9.19. The minimum atomic E-state index is -0.649. The van der Waals surface area contributed by atoms with E-state index in [-0.39, 0.29) is 42.1 Å². The van der Waals surface area contributed by atoms with Gasteiger partial charge in [0.2, 0.25) is 11.8 Å². The van der Waals surface area contributed by atoms with E-state index in [1.165, 1.54) is 11.1 Å². The van der Waals surface area contributed by atoms with Gasteiger partial charge in [-0.2, -0.15) is 0 Å². The first-order chi connectivity index (χ1) is 13.9. The number of benzene rings is 1. The molecule has 1 aromatic carbocycles. The number of nitrogens with one attached hydrogen (secondary N) is 2. The minimum Gasteiger partial charge on any atom is -0.383 e. The van der Waals surface area contributed by atoms with Gasteiger partial charge in [-0.25, -0.2) is 4.98 Å². The number of carbonyl (C=O) groups excluding carboxylic acids is 4. The Labute approximate surface area is 166 Å². The third-order valence-corrected chi connectivity index (χ3v) is 5.13. The summed E-state index contributed by atoms with van der Waals surface area (Å²) in [6, 6.07) is 7.93. The van der Waals surface area contributed by atoms with Gasteiger partial charge in [0.1, 0.15) is 11.9 Å². The van der Waals surface area contributed by atoms with Crippen molar-refractivity contribution in [3.63, 3.8) is 0 Å². The van der Waals surface area contributed by atoms with Crippen molar-refractivity contribution in [2.24, 2.45) is 0 Å². The first kappa shape index (κ1) is 18.6. The number of nitrogens with two attached hydrogens (primary N) is 1. The molecule has 0 aliphatic carbocycles. The van der Waals surface area contributed by atoms with E-state index in [1.54, 1.807) is 18.2 Å². The lowest BCUT2D eigenvalue weighted by Gasteiger charge is -2.29. The molecule has 29 heavy (non-hydrogen) atoms. The lowest BCUT2D eigenvalue weighted by molar-refractivity contribution is -0.136. The molecule has 1 unspecified atom stereocenters. The van der Waals surface area contributed by atoms with E-state index in [9.17, 15) is 19.2 Å². The molecule has 0 spiro atoms. The van der Waals surface area contributed by atoms with Crippen LogP contribution >= 0.6 is 0 Å². The number of anilines is 1. The van der Waals surface area contributed by atoms with Crippen molar-refractivity contribution in [3.8, 4) is 0 Å². The van der Waals surface area contributed by atoms with Crippen LogP contribution in [0.2, 0.25) is 0 Å². The number of hydrogen-bond donors (Lipinski definition) is 3. The highest BCUT2D eigenvalue weighted by Gasteiger charge is 2.39. The Morgan fingerprint density at radius 2 is 2.10 bits per heavy atom. The van der Waals surface area contributed by atoms with Gasteiger partial charge in [0.25, 0.3) is 11.8 Å². The average Bonchev–Trinajstić information content (AvgIpc) is 3.02. The van der Waals surface area contributed by atoms with Crippen LogP contribution in [0.4, 0.5) is 5.82 Å². The number of carbonyl (C=O) groups is 4. The van der Waals surface area contributed by atoms with Crippen molar-refractivity contribution in [2.45, 2.75) is 32.0 Å². The van der Waals surface area contributed by atoms with Crippen molar-refractivity contribution in [1.29, 1.82) is 0 Å². The monoisotopic (exact) mass is 393 g/mol. The summed E-state index contributed by atoms with van der Waals surface area (Å²) in [4.78, 5) is 53.9. The van der Waals surface area contributed by atoms with Crippen LogP contribution in [0.5, 0.6) is 0 Å². The fourth-order valence-electron chi connectivity index (χ4n) is 3.60. The number of aromatic nitrogens is 1. The number of hydrogen-bond acceptors (Lipinski definition) is 6. The number of nitrogen functional groups attached to an aromatic ring is 1. The molecule has 4 amide bonds. The van der Waals surface area contributed by atoms with Gasteiger partial charge in [0.05, 0.1) is 5.56 Å². The normalized spacial score (nSPS) is 18.4. The summed E-state index contributed by atoms with van der Waals surface area (Å²) in [5, 5.41) is 5.05. The maximum absolute atomic E-state index is 12.8. The van der Waals surface area contributed by atoms with E-state index in [0.29, 0.717) is 18.5 Å². The Kier molecular flexibility index (Phi) is 4.71. The number of nitrogens with zero attached hydrogens (tertiary/aromatic N) is 2. The average molecular weight is 393 g/mol. The zero-order chi connectivity index (χ0) is 20.5. The highest BCUT2D eigenvalue weighted by atomic mass is 16.2. The standard InChI is InChI=1S/C20H19N5O4/c21-17-13(2-1-7-22-17)18(27)23-9-11-3-4-12-10-25(20(29)14(12)8-11)15-5-6-16(26)24-19(15)28/h1-4,7-8,15H,5-6,9-10H2,(H2,21,22)(H,23,27)(H,24,26,28). The molecule has 2 aromatic rings. The SMILES string of the molecule is Nc1ncccc1C(=O)NCc1ccc2c(c1)C(=O)N(C1CCC(=O)NC1=O)C2. The molecule has 0 radical (unpaired) electrons. The van der Waals surface area contributed by atoms with E-state index < -0.39 is 11.9 Å². The predicted molar refractivity (Wildman–Crippen MR) is 102 cm³/mol. The Bertz CT molecular complexity index is 1040. The zero-order valence-corrected chi connectivity index (χ0v) is 15.5. The van der Waals surface area contributed by atoms with Crippen LogP contribution in [-0.2, 0) is 22.7 Å². The van der Waals surface area contributed by atoms with Gasteiger partial charge >= 0.3 is 0 Å². The summed E-state index contributed by atoms with van der Waals surface area (Å²) in [6.07, 6.45) is 2.04. The molecule has 2 aliphatic rings. The largest absolute Gasteiger partial charge is 0.383 e. The van der Waals surface area contributed by atoms with Crippen molar-refractivity contribution in [2.75, 3.05) is 5.73 Å². The van der Waals surface area contributed by atoms with E-state index >= 15 is 0 Å². The van der Waals surface area contributed by atoms with Gasteiger partial charge in [-0.3, -0.25) is 24.5 Å². The number of piperidine rings is 1. The van der Waals surface area contributed by atoms with E-state index in [4.69, 9.17) is 5.73 Å². The van der Waals surface area contributed by atoms with Crippen LogP contribution in [0.3, 0.4) is 0 Å². The number of fused-ring (bicyclic) bond motifs is 1. The molecule has 2 aliphatic heterocycles. The molecular formula is C20H19N5O4. The Morgan fingerprint density at radius 1 is 1.28 bits per heavy atom. The second-order valence-corrected chi connectivity index (χ2v) is 7.01. The minimum absolute atomic E-state index is 0.147. The summed E-state index contributed by atoms with van der Waals surface area (Å²) < 4.78 is 0. The molecule has 148 valence electrons. The van der Waals surface area contributed by atoms with Crippen molar-refractivity contribution >= 4 is 29.4 Å². The van der Waals surface area contributed by atoms with E-state index in [1.807, 2.05) is 12.1 Å². The topological polar surface area (TPSA) is 134 Å². The maximum atomic E-state index is 12.8. The number of imide groups is 1. The van der Waals surface area contributed by atoms with Gasteiger partial charge in [0, 0.05) is 31.3 Å². The van der Waals surface area contributed by atoms with Crippen molar-refractivity contribution in [1.82, 2.24) is 20.5 Å². The summed E-state index contributed by atoms with van der Waals surface area (Å²) in [5.74, 6) is -1.22. The van der Waals surface area contributed by atoms with Gasteiger partial charge in [0.15, 0.2) is 0 Å². The fraction of sp³-hybridized carbons (Fsp3) is 0.250. The maximum Gasteiger partial charge on any atom is 0.255 e. The van der Waals surface area contributed by atoms with Crippen LogP contribution in [0.15, 0.2) is 36.5 Å². The highest BCUT2D eigenvalue weighted by molar-refractivity contribution is 6.05. The van der Waals surface area contributed by atoms with Crippen LogP contribution in [0.1, 0.15) is 44.7 Å². The predicted octanol–water partition coefficient (Wildman–Crippen LogP) is 0.355. The molecule has 9 heteroatoms. The number of pyridine rings is 1. The summed E-state index contributed by atoms with van der Waals surface area (Å²) in [5.41, 5.74) is 8.06. The van der Waals surface area contributed by atoms with Crippen LogP contribution in [0.25, 0.3) is 0 Å². The lowest BCUT2D eigenvalue weighted by Crippen LogP contribution is -2.52. The van der Waals surface area contributed by atoms with E-state index in [2.05, 4.69) is 15.6 Å².